The van der Waals surface area contributed by atoms with Crippen molar-refractivity contribution in [2.75, 3.05) is 19.0 Å². The van der Waals surface area contributed by atoms with Crippen LogP contribution in [0.25, 0.3) is 0 Å². The second kappa shape index (κ2) is 6.23. The zero-order valence-corrected chi connectivity index (χ0v) is 11.8. The number of nitro groups is 1. The molecule has 0 fully saturated rings. The molecular formula is C15H16N2O4. The van der Waals surface area contributed by atoms with Crippen molar-refractivity contribution >= 4 is 11.4 Å². The van der Waals surface area contributed by atoms with Crippen molar-refractivity contribution in [1.82, 2.24) is 0 Å². The first kappa shape index (κ1) is 14.8. The van der Waals surface area contributed by atoms with Gasteiger partial charge in [0, 0.05) is 31.9 Å². The van der Waals surface area contributed by atoms with Gasteiger partial charge in [0.05, 0.1) is 17.1 Å². The molecule has 21 heavy (non-hydrogen) atoms. The maximum Gasteiger partial charge on any atom is 0.275 e. The second-order valence-electron chi connectivity index (χ2n) is 4.70. The molecule has 0 aliphatic heterocycles. The van der Waals surface area contributed by atoms with Crippen LogP contribution in [0, 0.1) is 10.1 Å². The van der Waals surface area contributed by atoms with Gasteiger partial charge in [-0.15, -0.1) is 0 Å². The fourth-order valence-corrected chi connectivity index (χ4v) is 1.89. The summed E-state index contributed by atoms with van der Waals surface area (Å²) in [5, 5.41) is 20.0. The van der Waals surface area contributed by atoms with Gasteiger partial charge in [-0.1, -0.05) is 6.07 Å². The highest BCUT2D eigenvalue weighted by Crippen LogP contribution is 2.29. The summed E-state index contributed by atoms with van der Waals surface area (Å²) in [6.45, 7) is -0.411. The molecule has 0 aromatic heterocycles. The third kappa shape index (κ3) is 3.49. The first-order chi connectivity index (χ1) is 10.0. The van der Waals surface area contributed by atoms with E-state index >= 15 is 0 Å². The molecule has 2 aromatic rings. The third-order valence-corrected chi connectivity index (χ3v) is 2.99. The fourth-order valence-electron chi connectivity index (χ4n) is 1.89. The molecule has 2 aromatic carbocycles. The number of rotatable bonds is 5. The predicted molar refractivity (Wildman–Crippen MR) is 79.9 cm³/mol. The Balaban J connectivity index is 2.27. The van der Waals surface area contributed by atoms with Crippen LogP contribution < -0.4 is 9.64 Å². The first-order valence-corrected chi connectivity index (χ1v) is 6.34. The highest BCUT2D eigenvalue weighted by Gasteiger charge is 2.14. The fraction of sp³-hybridized carbons (Fsp3) is 0.200. The third-order valence-electron chi connectivity index (χ3n) is 2.99. The van der Waals surface area contributed by atoms with E-state index in [0.717, 1.165) is 5.69 Å². The van der Waals surface area contributed by atoms with E-state index in [1.54, 1.807) is 6.07 Å². The normalized spacial score (nSPS) is 10.2. The quantitative estimate of drug-likeness (QED) is 0.676. The van der Waals surface area contributed by atoms with Crippen LogP contribution in [-0.4, -0.2) is 24.1 Å². The van der Waals surface area contributed by atoms with E-state index in [1.807, 2.05) is 37.2 Å². The Labute approximate surface area is 122 Å². The molecule has 6 nitrogen and oxygen atoms in total. The van der Waals surface area contributed by atoms with Gasteiger partial charge in [0.25, 0.3) is 5.69 Å². The SMILES string of the molecule is CN(C)c1cccc(Oc2ccc([N+](=O)[O-])c(CO)c2)c1. The van der Waals surface area contributed by atoms with Gasteiger partial charge in [-0.05, 0) is 24.3 Å². The van der Waals surface area contributed by atoms with E-state index in [1.165, 1.54) is 18.2 Å². The average Bonchev–Trinajstić information content (AvgIpc) is 2.47. The number of anilines is 1. The Bertz CT molecular complexity index is 656. The minimum Gasteiger partial charge on any atom is -0.457 e. The zero-order chi connectivity index (χ0) is 15.4. The molecule has 0 bridgehead atoms. The van der Waals surface area contributed by atoms with Gasteiger partial charge in [0.1, 0.15) is 11.5 Å². The Hall–Kier alpha value is -2.60. The van der Waals surface area contributed by atoms with E-state index in [-0.39, 0.29) is 11.3 Å². The molecule has 0 amide bonds. The van der Waals surface area contributed by atoms with Gasteiger partial charge in [0.2, 0.25) is 0 Å². The Morgan fingerprint density at radius 1 is 1.19 bits per heavy atom. The number of hydrogen-bond donors (Lipinski definition) is 1. The van der Waals surface area contributed by atoms with Crippen molar-refractivity contribution in [3.05, 3.63) is 58.1 Å². The number of aliphatic hydroxyl groups excluding tert-OH is 1. The van der Waals surface area contributed by atoms with Gasteiger partial charge < -0.3 is 14.7 Å². The van der Waals surface area contributed by atoms with Crippen LogP contribution in [0.3, 0.4) is 0 Å². The maximum atomic E-state index is 10.8. The van der Waals surface area contributed by atoms with Crippen molar-refractivity contribution in [1.29, 1.82) is 0 Å². The molecule has 0 aliphatic carbocycles. The number of nitrogens with zero attached hydrogens (tertiary/aromatic N) is 2. The zero-order valence-electron chi connectivity index (χ0n) is 11.8. The van der Waals surface area contributed by atoms with E-state index in [4.69, 9.17) is 4.74 Å². The van der Waals surface area contributed by atoms with Crippen LogP contribution in [0.2, 0.25) is 0 Å². The molecule has 0 radical (unpaired) electrons. The molecule has 0 saturated carbocycles. The molecule has 0 atom stereocenters. The monoisotopic (exact) mass is 288 g/mol. The molecule has 0 saturated heterocycles. The molecule has 0 spiro atoms. The number of aliphatic hydroxyl groups is 1. The Morgan fingerprint density at radius 3 is 2.52 bits per heavy atom. The van der Waals surface area contributed by atoms with Crippen molar-refractivity contribution in [3.63, 3.8) is 0 Å². The largest absolute Gasteiger partial charge is 0.457 e. The standard InChI is InChI=1S/C15H16N2O4/c1-16(2)12-4-3-5-13(9-12)21-14-6-7-15(17(19)20)11(8-14)10-18/h3-9,18H,10H2,1-2H3. The number of hydrogen-bond acceptors (Lipinski definition) is 5. The molecule has 110 valence electrons. The number of nitro benzene ring substituents is 1. The topological polar surface area (TPSA) is 75.8 Å². The lowest BCUT2D eigenvalue weighted by Crippen LogP contribution is -2.08. The van der Waals surface area contributed by atoms with E-state index in [0.29, 0.717) is 11.5 Å². The minimum absolute atomic E-state index is 0.119. The molecule has 6 heteroatoms. The van der Waals surface area contributed by atoms with Crippen LogP contribution >= 0.6 is 0 Å². The molecule has 2 rings (SSSR count). The summed E-state index contributed by atoms with van der Waals surface area (Å²) in [5.41, 5.74) is 1.09. The van der Waals surface area contributed by atoms with Crippen LogP contribution in [-0.2, 0) is 6.61 Å². The van der Waals surface area contributed by atoms with Crippen LogP contribution in [0.1, 0.15) is 5.56 Å². The summed E-state index contributed by atoms with van der Waals surface area (Å²) in [7, 11) is 3.85. The van der Waals surface area contributed by atoms with Gasteiger partial charge in [0.15, 0.2) is 0 Å². The van der Waals surface area contributed by atoms with Crippen molar-refractivity contribution in [2.45, 2.75) is 6.61 Å². The van der Waals surface area contributed by atoms with Crippen molar-refractivity contribution in [3.8, 4) is 11.5 Å². The van der Waals surface area contributed by atoms with Crippen LogP contribution in [0.15, 0.2) is 42.5 Å². The lowest BCUT2D eigenvalue weighted by atomic mass is 10.2. The van der Waals surface area contributed by atoms with E-state index < -0.39 is 11.5 Å². The number of benzene rings is 2. The van der Waals surface area contributed by atoms with Gasteiger partial charge in [-0.25, -0.2) is 0 Å². The van der Waals surface area contributed by atoms with E-state index in [2.05, 4.69) is 0 Å². The number of ether oxygens (including phenoxy) is 1. The van der Waals surface area contributed by atoms with Crippen LogP contribution in [0.4, 0.5) is 11.4 Å². The second-order valence-corrected chi connectivity index (χ2v) is 4.70. The van der Waals surface area contributed by atoms with Gasteiger partial charge >= 0.3 is 0 Å². The van der Waals surface area contributed by atoms with E-state index in [9.17, 15) is 15.2 Å². The van der Waals surface area contributed by atoms with Crippen LogP contribution in [0.5, 0.6) is 11.5 Å². The Kier molecular flexibility index (Phi) is 4.39. The van der Waals surface area contributed by atoms with Crippen molar-refractivity contribution < 1.29 is 14.8 Å². The van der Waals surface area contributed by atoms with Gasteiger partial charge in [-0.3, -0.25) is 10.1 Å². The highest BCUT2D eigenvalue weighted by molar-refractivity contribution is 5.51. The molecular weight excluding hydrogens is 272 g/mol. The maximum absolute atomic E-state index is 10.8. The molecule has 0 aliphatic rings. The smallest absolute Gasteiger partial charge is 0.275 e. The lowest BCUT2D eigenvalue weighted by Gasteiger charge is -2.14. The first-order valence-electron chi connectivity index (χ1n) is 6.34. The summed E-state index contributed by atoms with van der Waals surface area (Å²) in [5.74, 6) is 1.07. The minimum atomic E-state index is -0.526. The summed E-state index contributed by atoms with van der Waals surface area (Å²) >= 11 is 0. The summed E-state index contributed by atoms with van der Waals surface area (Å²) < 4.78 is 5.69. The molecule has 0 heterocycles. The highest BCUT2D eigenvalue weighted by atomic mass is 16.6. The summed E-state index contributed by atoms with van der Waals surface area (Å²) in [4.78, 5) is 12.2. The molecule has 0 unspecified atom stereocenters. The lowest BCUT2D eigenvalue weighted by molar-refractivity contribution is -0.385. The van der Waals surface area contributed by atoms with Gasteiger partial charge in [-0.2, -0.15) is 0 Å². The predicted octanol–water partition coefficient (Wildman–Crippen LogP) is 2.95. The summed E-state index contributed by atoms with van der Waals surface area (Å²) in [6, 6.07) is 11.8. The molecule has 1 N–H and O–H groups in total. The van der Waals surface area contributed by atoms with Crippen molar-refractivity contribution in [2.24, 2.45) is 0 Å². The summed E-state index contributed by atoms with van der Waals surface area (Å²) in [6.07, 6.45) is 0. The Morgan fingerprint density at radius 2 is 1.90 bits per heavy atom. The average molecular weight is 288 g/mol.